The smallest absolute Gasteiger partial charge is 0.279 e. The maximum Gasteiger partial charge on any atom is 0.279 e. The number of piperazine rings is 1. The van der Waals surface area contributed by atoms with Gasteiger partial charge in [-0.15, -0.1) is 0 Å². The van der Waals surface area contributed by atoms with E-state index in [0.29, 0.717) is 31.1 Å². The SMILES string of the molecule is COc1ccc(C2CN(S(=O)(=O)NC(C)C)CCN2C)cc1OC. The molecule has 0 spiro atoms. The van der Waals surface area contributed by atoms with Gasteiger partial charge in [-0.1, -0.05) is 6.07 Å². The zero-order valence-electron chi connectivity index (χ0n) is 14.9. The van der Waals surface area contributed by atoms with Gasteiger partial charge < -0.3 is 9.47 Å². The van der Waals surface area contributed by atoms with Gasteiger partial charge in [0.1, 0.15) is 0 Å². The van der Waals surface area contributed by atoms with Gasteiger partial charge in [-0.3, -0.25) is 4.90 Å². The first kappa shape index (κ1) is 19.0. The predicted molar refractivity (Wildman–Crippen MR) is 93.7 cm³/mol. The second-order valence-corrected chi connectivity index (χ2v) is 7.95. The van der Waals surface area contributed by atoms with Crippen molar-refractivity contribution in [2.75, 3.05) is 40.9 Å². The lowest BCUT2D eigenvalue weighted by atomic mass is 10.0. The van der Waals surface area contributed by atoms with E-state index in [1.54, 1.807) is 14.2 Å². The number of nitrogens with one attached hydrogen (secondary N) is 1. The minimum absolute atomic E-state index is 0.0395. The molecule has 1 saturated heterocycles. The molecule has 136 valence electrons. The summed E-state index contributed by atoms with van der Waals surface area (Å²) in [5, 5.41) is 0. The molecule has 1 aliphatic rings. The molecule has 0 aromatic heterocycles. The van der Waals surface area contributed by atoms with E-state index in [4.69, 9.17) is 9.47 Å². The van der Waals surface area contributed by atoms with Crippen molar-refractivity contribution in [2.24, 2.45) is 0 Å². The van der Waals surface area contributed by atoms with Crippen molar-refractivity contribution in [3.8, 4) is 11.5 Å². The Morgan fingerprint density at radius 1 is 1.17 bits per heavy atom. The molecule has 7 nitrogen and oxygen atoms in total. The Labute approximate surface area is 144 Å². The molecule has 0 radical (unpaired) electrons. The van der Waals surface area contributed by atoms with Gasteiger partial charge in [0, 0.05) is 31.7 Å². The van der Waals surface area contributed by atoms with Crippen molar-refractivity contribution < 1.29 is 17.9 Å². The fourth-order valence-electron chi connectivity index (χ4n) is 2.86. The third kappa shape index (κ3) is 4.18. The Kier molecular flexibility index (Phi) is 6.08. The summed E-state index contributed by atoms with van der Waals surface area (Å²) in [7, 11) is 1.71. The maximum absolute atomic E-state index is 12.5. The molecule has 8 heteroatoms. The van der Waals surface area contributed by atoms with E-state index in [9.17, 15) is 8.42 Å². The molecule has 1 heterocycles. The molecular weight excluding hydrogens is 330 g/mol. The molecule has 0 bridgehead atoms. The van der Waals surface area contributed by atoms with Crippen molar-refractivity contribution in [3.63, 3.8) is 0 Å². The molecule has 24 heavy (non-hydrogen) atoms. The van der Waals surface area contributed by atoms with Crippen molar-refractivity contribution in [3.05, 3.63) is 23.8 Å². The van der Waals surface area contributed by atoms with Crippen LogP contribution in [0.2, 0.25) is 0 Å². The molecule has 1 aromatic rings. The molecule has 1 atom stereocenters. The van der Waals surface area contributed by atoms with Gasteiger partial charge in [0.25, 0.3) is 10.2 Å². The summed E-state index contributed by atoms with van der Waals surface area (Å²) < 4.78 is 39.7. The van der Waals surface area contributed by atoms with Gasteiger partial charge >= 0.3 is 0 Å². The van der Waals surface area contributed by atoms with Crippen molar-refractivity contribution in [1.29, 1.82) is 0 Å². The minimum atomic E-state index is -3.47. The Hall–Kier alpha value is -1.35. The topological polar surface area (TPSA) is 71.1 Å². The summed E-state index contributed by atoms with van der Waals surface area (Å²) in [5.41, 5.74) is 1.000. The highest BCUT2D eigenvalue weighted by atomic mass is 32.2. The zero-order valence-corrected chi connectivity index (χ0v) is 15.8. The van der Waals surface area contributed by atoms with E-state index < -0.39 is 10.2 Å². The number of methoxy groups -OCH3 is 2. The van der Waals surface area contributed by atoms with E-state index in [0.717, 1.165) is 5.56 Å². The first-order valence-electron chi connectivity index (χ1n) is 7.98. The van der Waals surface area contributed by atoms with Crippen LogP contribution in [0.1, 0.15) is 25.5 Å². The first-order chi connectivity index (χ1) is 11.3. The van der Waals surface area contributed by atoms with Crippen LogP contribution >= 0.6 is 0 Å². The number of ether oxygens (including phenoxy) is 2. The number of nitrogens with zero attached hydrogens (tertiary/aromatic N) is 2. The van der Waals surface area contributed by atoms with Gasteiger partial charge in [0.05, 0.1) is 14.2 Å². The van der Waals surface area contributed by atoms with Gasteiger partial charge in [-0.25, -0.2) is 0 Å². The first-order valence-corrected chi connectivity index (χ1v) is 9.42. The van der Waals surface area contributed by atoms with Crippen LogP contribution in [0.3, 0.4) is 0 Å². The molecule has 0 amide bonds. The number of rotatable bonds is 6. The lowest BCUT2D eigenvalue weighted by Crippen LogP contribution is -2.53. The summed E-state index contributed by atoms with van der Waals surface area (Å²) in [4.78, 5) is 2.16. The summed E-state index contributed by atoms with van der Waals surface area (Å²) in [6, 6.07) is 5.54. The van der Waals surface area contributed by atoms with Crippen molar-refractivity contribution in [2.45, 2.75) is 25.9 Å². The average molecular weight is 357 g/mol. The quantitative estimate of drug-likeness (QED) is 0.829. The van der Waals surface area contributed by atoms with Gasteiger partial charge in [0.2, 0.25) is 0 Å². The number of hydrogen-bond donors (Lipinski definition) is 1. The van der Waals surface area contributed by atoms with Crippen LogP contribution in [0.25, 0.3) is 0 Å². The van der Waals surface area contributed by atoms with E-state index in [1.807, 2.05) is 39.1 Å². The van der Waals surface area contributed by atoms with Gasteiger partial charge in [0.15, 0.2) is 11.5 Å². The van der Waals surface area contributed by atoms with E-state index in [1.165, 1.54) is 4.31 Å². The Bertz CT molecular complexity index is 663. The normalized spacial score (nSPS) is 20.3. The second-order valence-electron chi connectivity index (χ2n) is 6.25. The summed E-state index contributed by atoms with van der Waals surface area (Å²) in [6.07, 6.45) is 0. The zero-order chi connectivity index (χ0) is 17.9. The molecule has 1 fully saturated rings. The average Bonchev–Trinajstić information content (AvgIpc) is 2.53. The predicted octanol–water partition coefficient (Wildman–Crippen LogP) is 1.24. The Balaban J connectivity index is 2.26. The van der Waals surface area contributed by atoms with E-state index >= 15 is 0 Å². The van der Waals surface area contributed by atoms with Crippen LogP contribution in [0.4, 0.5) is 0 Å². The lowest BCUT2D eigenvalue weighted by Gasteiger charge is -2.39. The minimum Gasteiger partial charge on any atom is -0.493 e. The monoisotopic (exact) mass is 357 g/mol. The van der Waals surface area contributed by atoms with E-state index in [2.05, 4.69) is 9.62 Å². The maximum atomic E-state index is 12.5. The van der Waals surface area contributed by atoms with Gasteiger partial charge in [-0.05, 0) is 38.6 Å². The van der Waals surface area contributed by atoms with Crippen LogP contribution in [0, 0.1) is 0 Å². The molecular formula is C16H27N3O4S. The summed E-state index contributed by atoms with van der Waals surface area (Å²) in [6.45, 7) is 5.17. The standard InChI is InChI=1S/C16H27N3O4S/c1-12(2)17-24(20,21)19-9-8-18(3)14(11-19)13-6-7-15(22-4)16(10-13)23-5/h6-7,10,12,14,17H,8-9,11H2,1-5H3. The number of likely N-dealkylation sites (N-methyl/N-ethyl adjacent to an activating group) is 1. The van der Waals surface area contributed by atoms with Crippen LogP contribution < -0.4 is 14.2 Å². The largest absolute Gasteiger partial charge is 0.493 e. The summed E-state index contributed by atoms with van der Waals surface area (Å²) in [5.74, 6) is 1.30. The second kappa shape index (κ2) is 7.69. The molecule has 1 aliphatic heterocycles. The molecule has 1 aromatic carbocycles. The van der Waals surface area contributed by atoms with Crippen LogP contribution in [-0.4, -0.2) is 64.6 Å². The van der Waals surface area contributed by atoms with Crippen LogP contribution in [0.5, 0.6) is 11.5 Å². The van der Waals surface area contributed by atoms with Crippen molar-refractivity contribution >= 4 is 10.2 Å². The fraction of sp³-hybridized carbons (Fsp3) is 0.625. The number of hydrogen-bond acceptors (Lipinski definition) is 5. The fourth-order valence-corrected chi connectivity index (χ4v) is 4.26. The number of benzene rings is 1. The van der Waals surface area contributed by atoms with Gasteiger partial charge in [-0.2, -0.15) is 17.4 Å². The third-order valence-electron chi connectivity index (χ3n) is 4.13. The highest BCUT2D eigenvalue weighted by Crippen LogP contribution is 2.33. The molecule has 0 saturated carbocycles. The summed E-state index contributed by atoms with van der Waals surface area (Å²) >= 11 is 0. The van der Waals surface area contributed by atoms with Crippen LogP contribution in [0.15, 0.2) is 18.2 Å². The van der Waals surface area contributed by atoms with Crippen molar-refractivity contribution in [1.82, 2.24) is 13.9 Å². The highest BCUT2D eigenvalue weighted by Gasteiger charge is 2.33. The van der Waals surface area contributed by atoms with E-state index in [-0.39, 0.29) is 12.1 Å². The van der Waals surface area contributed by atoms with Crippen LogP contribution in [-0.2, 0) is 10.2 Å². The third-order valence-corrected chi connectivity index (χ3v) is 5.91. The Morgan fingerprint density at radius 2 is 1.83 bits per heavy atom. The highest BCUT2D eigenvalue weighted by molar-refractivity contribution is 7.87. The molecule has 1 unspecified atom stereocenters. The molecule has 1 N–H and O–H groups in total. The lowest BCUT2D eigenvalue weighted by molar-refractivity contribution is 0.147. The molecule has 2 rings (SSSR count). The Morgan fingerprint density at radius 3 is 2.42 bits per heavy atom. The molecule has 0 aliphatic carbocycles.